The van der Waals surface area contributed by atoms with E-state index in [1.807, 2.05) is 24.5 Å². The second kappa shape index (κ2) is 8.76. The van der Waals surface area contributed by atoms with Crippen molar-refractivity contribution < 1.29 is 15.3 Å². The van der Waals surface area contributed by atoms with Gasteiger partial charge in [-0.2, -0.15) is 0 Å². The van der Waals surface area contributed by atoms with Gasteiger partial charge in [0.15, 0.2) is 0 Å². The third-order valence-electron chi connectivity index (χ3n) is 1.40. The van der Waals surface area contributed by atoms with Crippen LogP contribution >= 0.6 is 0 Å². The molecule has 1 aliphatic rings. The minimum atomic E-state index is 0.204. The number of amides is 1. The van der Waals surface area contributed by atoms with Crippen LogP contribution in [0.5, 0.6) is 0 Å². The summed E-state index contributed by atoms with van der Waals surface area (Å²) in [5.41, 5.74) is 0. The van der Waals surface area contributed by atoms with Crippen LogP contribution in [0.1, 0.15) is 12.8 Å². The van der Waals surface area contributed by atoms with Crippen LogP contribution in [-0.4, -0.2) is 28.0 Å². The third-order valence-corrected chi connectivity index (χ3v) is 1.40. The Morgan fingerprint density at radius 3 is 2.00 bits per heavy atom. The fourth-order valence-electron chi connectivity index (χ4n) is 0.843. The Labute approximate surface area is 76.3 Å². The van der Waals surface area contributed by atoms with Crippen LogP contribution in [0.3, 0.4) is 0 Å². The van der Waals surface area contributed by atoms with Gasteiger partial charge in [-0.25, -0.2) is 0 Å². The monoisotopic (exact) mass is 186 g/mol. The lowest BCUT2D eigenvalue weighted by atomic mass is 10.4. The average Bonchev–Trinajstić information content (AvgIpc) is 2.81. The quantitative estimate of drug-likeness (QED) is 0.359. The van der Waals surface area contributed by atoms with Gasteiger partial charge in [0.05, 0.1) is 0 Å². The lowest BCUT2D eigenvalue weighted by Gasteiger charge is -1.80. The molecule has 74 valence electrons. The van der Waals surface area contributed by atoms with Crippen LogP contribution < -0.4 is 5.32 Å². The maximum absolute atomic E-state index is 10.1. The van der Waals surface area contributed by atoms with E-state index in [1.165, 1.54) is 0 Å². The van der Waals surface area contributed by atoms with Crippen LogP contribution in [0.4, 0.5) is 0 Å². The first-order valence-corrected chi connectivity index (χ1v) is 3.94. The Hall–Kier alpha value is -1.33. The molecule has 0 aliphatic carbocycles. The standard InChI is InChI=1S/C4H7NO.C4H5N.H2O2/c6-4-2-1-3-5-4;1-2-4-5-3-1;1-2/h1-3H2,(H,5,6);1-5H;1-2H. The first-order valence-electron chi connectivity index (χ1n) is 3.94. The van der Waals surface area contributed by atoms with Gasteiger partial charge in [0.1, 0.15) is 0 Å². The molecule has 1 saturated heterocycles. The van der Waals surface area contributed by atoms with Crippen molar-refractivity contribution in [2.24, 2.45) is 0 Å². The van der Waals surface area contributed by atoms with Gasteiger partial charge >= 0.3 is 0 Å². The predicted molar refractivity (Wildman–Crippen MR) is 48.3 cm³/mol. The molecule has 0 unspecified atom stereocenters. The van der Waals surface area contributed by atoms with Gasteiger partial charge in [0.2, 0.25) is 5.91 Å². The molecule has 0 atom stereocenters. The van der Waals surface area contributed by atoms with E-state index in [0.717, 1.165) is 19.4 Å². The van der Waals surface area contributed by atoms with Gasteiger partial charge in [0, 0.05) is 25.4 Å². The number of rotatable bonds is 0. The van der Waals surface area contributed by atoms with E-state index in [1.54, 1.807) is 0 Å². The second-order valence-corrected chi connectivity index (χ2v) is 2.34. The number of H-pyrrole nitrogens is 1. The minimum absolute atomic E-state index is 0.204. The summed E-state index contributed by atoms with van der Waals surface area (Å²) in [4.78, 5) is 13.0. The maximum atomic E-state index is 10.1. The SMILES string of the molecule is O=C1CCCN1.OO.c1cc[nH]c1. The Balaban J connectivity index is 0.000000189. The topological polar surface area (TPSA) is 85.3 Å². The summed E-state index contributed by atoms with van der Waals surface area (Å²) >= 11 is 0. The van der Waals surface area contributed by atoms with Gasteiger partial charge in [-0.05, 0) is 18.6 Å². The number of aromatic nitrogens is 1. The first kappa shape index (κ1) is 11.7. The van der Waals surface area contributed by atoms with Crippen molar-refractivity contribution in [3.8, 4) is 0 Å². The number of hydrogen-bond donors (Lipinski definition) is 4. The zero-order valence-electron chi connectivity index (χ0n) is 7.23. The number of hydrogen-bond acceptors (Lipinski definition) is 3. The van der Waals surface area contributed by atoms with E-state index >= 15 is 0 Å². The lowest BCUT2D eigenvalue weighted by Crippen LogP contribution is -2.12. The summed E-state index contributed by atoms with van der Waals surface area (Å²) in [6, 6.07) is 3.89. The molecule has 4 N–H and O–H groups in total. The Bertz CT molecular complexity index is 174. The van der Waals surface area contributed by atoms with Gasteiger partial charge in [0.25, 0.3) is 0 Å². The molecule has 1 aromatic rings. The molecule has 0 spiro atoms. The third kappa shape index (κ3) is 7.04. The van der Waals surface area contributed by atoms with E-state index in [0.29, 0.717) is 0 Å². The van der Waals surface area contributed by atoms with E-state index in [9.17, 15) is 4.79 Å². The lowest BCUT2D eigenvalue weighted by molar-refractivity contribution is -0.176. The summed E-state index contributed by atoms with van der Waals surface area (Å²) in [6.45, 7) is 0.888. The zero-order chi connectivity index (χ0) is 9.94. The minimum Gasteiger partial charge on any atom is -0.368 e. The molecule has 13 heavy (non-hydrogen) atoms. The predicted octanol–water partition coefficient (Wildman–Crippen LogP) is 0.928. The molecule has 0 aromatic carbocycles. The molecule has 5 nitrogen and oxygen atoms in total. The van der Waals surface area contributed by atoms with Crippen molar-refractivity contribution in [1.82, 2.24) is 10.3 Å². The van der Waals surface area contributed by atoms with Crippen LogP contribution in [0.2, 0.25) is 0 Å². The van der Waals surface area contributed by atoms with Crippen LogP contribution in [-0.2, 0) is 4.79 Å². The highest BCUT2D eigenvalue weighted by Crippen LogP contribution is 1.93. The molecular formula is C8H14N2O3. The van der Waals surface area contributed by atoms with Gasteiger partial charge in [-0.15, -0.1) is 0 Å². The maximum Gasteiger partial charge on any atom is 0.220 e. The summed E-state index contributed by atoms with van der Waals surface area (Å²) < 4.78 is 0. The number of nitrogens with one attached hydrogen (secondary N) is 2. The Morgan fingerprint density at radius 2 is 1.85 bits per heavy atom. The average molecular weight is 186 g/mol. The molecule has 2 rings (SSSR count). The zero-order valence-corrected chi connectivity index (χ0v) is 7.23. The molecule has 1 amide bonds. The molecule has 2 heterocycles. The molecule has 1 fully saturated rings. The van der Waals surface area contributed by atoms with Crippen LogP contribution in [0.15, 0.2) is 24.5 Å². The number of aromatic amines is 1. The van der Waals surface area contributed by atoms with E-state index in [-0.39, 0.29) is 5.91 Å². The van der Waals surface area contributed by atoms with Crippen molar-refractivity contribution >= 4 is 5.91 Å². The van der Waals surface area contributed by atoms with Crippen molar-refractivity contribution in [3.05, 3.63) is 24.5 Å². The van der Waals surface area contributed by atoms with E-state index in [2.05, 4.69) is 10.3 Å². The van der Waals surface area contributed by atoms with Gasteiger partial charge < -0.3 is 10.3 Å². The highest BCUT2D eigenvalue weighted by molar-refractivity contribution is 5.77. The molecule has 5 heteroatoms. The molecule has 1 aliphatic heterocycles. The van der Waals surface area contributed by atoms with E-state index in [4.69, 9.17) is 10.5 Å². The van der Waals surface area contributed by atoms with Crippen molar-refractivity contribution in [2.75, 3.05) is 6.54 Å². The molecule has 0 saturated carbocycles. The fourth-order valence-corrected chi connectivity index (χ4v) is 0.843. The smallest absolute Gasteiger partial charge is 0.220 e. The fraction of sp³-hybridized carbons (Fsp3) is 0.375. The summed E-state index contributed by atoms with van der Waals surface area (Å²) in [5.74, 6) is 0.204. The molecule has 0 bridgehead atoms. The van der Waals surface area contributed by atoms with Gasteiger partial charge in [-0.1, -0.05) is 0 Å². The second-order valence-electron chi connectivity index (χ2n) is 2.34. The molecular weight excluding hydrogens is 172 g/mol. The Morgan fingerprint density at radius 1 is 1.23 bits per heavy atom. The van der Waals surface area contributed by atoms with Crippen molar-refractivity contribution in [3.63, 3.8) is 0 Å². The van der Waals surface area contributed by atoms with Crippen molar-refractivity contribution in [1.29, 1.82) is 0 Å². The largest absolute Gasteiger partial charge is 0.368 e. The Kier molecular flexibility index (Phi) is 7.87. The molecule has 1 aromatic heterocycles. The van der Waals surface area contributed by atoms with Crippen LogP contribution in [0.25, 0.3) is 0 Å². The summed E-state index contributed by atoms with van der Waals surface area (Å²) in [5, 5.41) is 14.7. The summed E-state index contributed by atoms with van der Waals surface area (Å²) in [6.07, 6.45) is 5.51. The van der Waals surface area contributed by atoms with Crippen molar-refractivity contribution in [2.45, 2.75) is 12.8 Å². The normalized spacial score (nSPS) is 13.2. The number of carbonyl (C=O) groups excluding carboxylic acids is 1. The summed E-state index contributed by atoms with van der Waals surface area (Å²) in [7, 11) is 0. The van der Waals surface area contributed by atoms with Crippen LogP contribution in [0, 0.1) is 0 Å². The highest BCUT2D eigenvalue weighted by atomic mass is 17.0. The number of carbonyl (C=O) groups is 1. The highest BCUT2D eigenvalue weighted by Gasteiger charge is 2.05. The molecule has 0 radical (unpaired) electrons. The van der Waals surface area contributed by atoms with E-state index < -0.39 is 0 Å². The van der Waals surface area contributed by atoms with Gasteiger partial charge in [-0.3, -0.25) is 15.3 Å². The first-order chi connectivity index (χ1) is 6.39.